The number of aryl methyl sites for hydroxylation is 1. The predicted octanol–water partition coefficient (Wildman–Crippen LogP) is 4.63. The fourth-order valence-electron chi connectivity index (χ4n) is 3.35. The zero-order valence-corrected chi connectivity index (χ0v) is 16.4. The predicted molar refractivity (Wildman–Crippen MR) is 111 cm³/mol. The van der Waals surface area contributed by atoms with Crippen LogP contribution < -0.4 is 0 Å². The number of ether oxygens (including phenoxy) is 1. The molecule has 0 saturated heterocycles. The van der Waals surface area contributed by atoms with E-state index in [4.69, 9.17) is 4.74 Å². The van der Waals surface area contributed by atoms with Crippen molar-refractivity contribution in [3.8, 4) is 0 Å². The molecular formula is C25H22O4. The Morgan fingerprint density at radius 2 is 1.14 bits per heavy atom. The molecule has 146 valence electrons. The third-order valence-corrected chi connectivity index (χ3v) is 4.91. The lowest BCUT2D eigenvalue weighted by Crippen LogP contribution is -2.35. The molecule has 1 atom stereocenters. The van der Waals surface area contributed by atoms with Gasteiger partial charge in [0.25, 0.3) is 0 Å². The Bertz CT molecular complexity index is 941. The van der Waals surface area contributed by atoms with E-state index in [2.05, 4.69) is 0 Å². The summed E-state index contributed by atoms with van der Waals surface area (Å²) in [6, 6.07) is 24.3. The van der Waals surface area contributed by atoms with E-state index in [0.717, 1.165) is 5.56 Å². The van der Waals surface area contributed by atoms with E-state index in [0.29, 0.717) is 16.7 Å². The molecular weight excluding hydrogens is 364 g/mol. The monoisotopic (exact) mass is 386 g/mol. The van der Waals surface area contributed by atoms with Gasteiger partial charge in [0.05, 0.1) is 13.0 Å². The third kappa shape index (κ3) is 4.49. The summed E-state index contributed by atoms with van der Waals surface area (Å²) in [5, 5.41) is 0. The van der Waals surface area contributed by atoms with Crippen LogP contribution in [0.5, 0.6) is 0 Å². The Balaban J connectivity index is 2.15. The number of Topliss-reactive ketones (excluding diaryl/α,β-unsaturated/α-hetero) is 2. The molecule has 4 nitrogen and oxygen atoms in total. The largest absolute Gasteiger partial charge is 0.469 e. The molecule has 0 N–H and O–H groups in total. The summed E-state index contributed by atoms with van der Waals surface area (Å²) >= 11 is 0. The van der Waals surface area contributed by atoms with Crippen molar-refractivity contribution in [1.29, 1.82) is 0 Å². The Labute approximate surface area is 170 Å². The highest BCUT2D eigenvalue weighted by atomic mass is 16.5. The van der Waals surface area contributed by atoms with Crippen molar-refractivity contribution in [3.63, 3.8) is 0 Å². The van der Waals surface area contributed by atoms with Gasteiger partial charge in [-0.05, 0) is 12.5 Å². The van der Waals surface area contributed by atoms with Crippen molar-refractivity contribution in [1.82, 2.24) is 0 Å². The first-order chi connectivity index (χ1) is 14.0. The van der Waals surface area contributed by atoms with Gasteiger partial charge >= 0.3 is 5.97 Å². The maximum absolute atomic E-state index is 13.4. The number of carbonyl (C=O) groups is 3. The molecule has 0 aromatic heterocycles. The SMILES string of the molecule is COC(=O)C(c1ccc(C)cc1)C(C(=O)c1ccccc1)C(=O)c1ccccc1. The van der Waals surface area contributed by atoms with Crippen LogP contribution in [0.4, 0.5) is 0 Å². The van der Waals surface area contributed by atoms with Gasteiger partial charge in [0.15, 0.2) is 11.6 Å². The van der Waals surface area contributed by atoms with Crippen molar-refractivity contribution in [2.24, 2.45) is 5.92 Å². The van der Waals surface area contributed by atoms with Crippen LogP contribution in [0.3, 0.4) is 0 Å². The van der Waals surface area contributed by atoms with Crippen LogP contribution in [0.25, 0.3) is 0 Å². The molecule has 0 radical (unpaired) electrons. The van der Waals surface area contributed by atoms with E-state index < -0.39 is 29.4 Å². The second-order valence-electron chi connectivity index (χ2n) is 6.85. The molecule has 0 fully saturated rings. The maximum atomic E-state index is 13.4. The van der Waals surface area contributed by atoms with Crippen LogP contribution in [0.15, 0.2) is 84.9 Å². The highest BCUT2D eigenvalue weighted by molar-refractivity contribution is 6.18. The first kappa shape index (κ1) is 20.2. The quantitative estimate of drug-likeness (QED) is 0.337. The van der Waals surface area contributed by atoms with Crippen LogP contribution in [0, 0.1) is 12.8 Å². The second-order valence-corrected chi connectivity index (χ2v) is 6.85. The summed E-state index contributed by atoms with van der Waals surface area (Å²) in [5.41, 5.74) is 2.34. The first-order valence-electron chi connectivity index (χ1n) is 9.36. The zero-order valence-electron chi connectivity index (χ0n) is 16.4. The van der Waals surface area contributed by atoms with Crippen LogP contribution in [0.1, 0.15) is 37.8 Å². The van der Waals surface area contributed by atoms with Crippen molar-refractivity contribution < 1.29 is 19.1 Å². The molecule has 3 aromatic rings. The van der Waals surface area contributed by atoms with Gasteiger partial charge in [0.2, 0.25) is 0 Å². The minimum Gasteiger partial charge on any atom is -0.469 e. The highest BCUT2D eigenvalue weighted by Gasteiger charge is 2.41. The minimum absolute atomic E-state index is 0.378. The molecule has 0 spiro atoms. The first-order valence-corrected chi connectivity index (χ1v) is 9.36. The molecule has 29 heavy (non-hydrogen) atoms. The number of carbonyl (C=O) groups excluding carboxylic acids is 3. The fourth-order valence-corrected chi connectivity index (χ4v) is 3.35. The average Bonchev–Trinajstić information content (AvgIpc) is 2.78. The topological polar surface area (TPSA) is 60.4 Å². The summed E-state index contributed by atoms with van der Waals surface area (Å²) in [6.45, 7) is 1.93. The van der Waals surface area contributed by atoms with Crippen LogP contribution in [0.2, 0.25) is 0 Å². The number of rotatable bonds is 7. The summed E-state index contributed by atoms with van der Waals surface area (Å²) in [4.78, 5) is 39.6. The Morgan fingerprint density at radius 3 is 1.55 bits per heavy atom. The van der Waals surface area contributed by atoms with E-state index in [1.807, 2.05) is 19.1 Å². The number of esters is 1. The molecule has 3 rings (SSSR count). The summed E-state index contributed by atoms with van der Waals surface area (Å²) in [6.07, 6.45) is 0. The van der Waals surface area contributed by atoms with Crippen LogP contribution in [-0.4, -0.2) is 24.6 Å². The molecule has 0 heterocycles. The molecule has 0 saturated carbocycles. The molecule has 0 bridgehead atoms. The lowest BCUT2D eigenvalue weighted by molar-refractivity contribution is -0.143. The second kappa shape index (κ2) is 9.11. The van der Waals surface area contributed by atoms with Crippen LogP contribution in [-0.2, 0) is 9.53 Å². The highest BCUT2D eigenvalue weighted by Crippen LogP contribution is 2.32. The Hall–Kier alpha value is -3.53. The van der Waals surface area contributed by atoms with Crippen molar-refractivity contribution in [2.75, 3.05) is 7.11 Å². The third-order valence-electron chi connectivity index (χ3n) is 4.91. The standard InChI is InChI=1S/C25H22O4/c1-17-13-15-18(16-14-17)21(25(28)29-2)22(23(26)19-9-5-3-6-10-19)24(27)20-11-7-4-8-12-20/h3-16,21-22H,1-2H3. The molecule has 0 aliphatic heterocycles. The van der Waals surface area contributed by atoms with E-state index in [-0.39, 0.29) is 0 Å². The van der Waals surface area contributed by atoms with Gasteiger partial charge < -0.3 is 4.74 Å². The van der Waals surface area contributed by atoms with Gasteiger partial charge in [-0.3, -0.25) is 14.4 Å². The summed E-state index contributed by atoms with van der Waals surface area (Å²) in [5.74, 6) is -3.70. The number of hydrogen-bond acceptors (Lipinski definition) is 4. The number of benzene rings is 3. The maximum Gasteiger partial charge on any atom is 0.314 e. The molecule has 0 amide bonds. The molecule has 1 unspecified atom stereocenters. The van der Waals surface area contributed by atoms with Gasteiger partial charge in [0.1, 0.15) is 5.92 Å². The van der Waals surface area contributed by atoms with Gasteiger partial charge in [-0.1, -0.05) is 90.5 Å². The van der Waals surface area contributed by atoms with Crippen molar-refractivity contribution in [2.45, 2.75) is 12.8 Å². The molecule has 3 aromatic carbocycles. The molecule has 0 aliphatic rings. The van der Waals surface area contributed by atoms with E-state index in [1.165, 1.54) is 7.11 Å². The normalized spacial score (nSPS) is 11.7. The fraction of sp³-hybridized carbons (Fsp3) is 0.160. The summed E-state index contributed by atoms with van der Waals surface area (Å²) in [7, 11) is 1.26. The average molecular weight is 386 g/mol. The van der Waals surface area contributed by atoms with Gasteiger partial charge in [-0.25, -0.2) is 0 Å². The molecule has 4 heteroatoms. The van der Waals surface area contributed by atoms with Crippen LogP contribution >= 0.6 is 0 Å². The van der Waals surface area contributed by atoms with E-state index >= 15 is 0 Å². The minimum atomic E-state index is -1.23. The van der Waals surface area contributed by atoms with Gasteiger partial charge in [-0.2, -0.15) is 0 Å². The lowest BCUT2D eigenvalue weighted by atomic mass is 9.77. The number of hydrogen-bond donors (Lipinski definition) is 0. The number of ketones is 2. The van der Waals surface area contributed by atoms with Crippen molar-refractivity contribution in [3.05, 3.63) is 107 Å². The van der Waals surface area contributed by atoms with E-state index in [1.54, 1.807) is 72.8 Å². The van der Waals surface area contributed by atoms with E-state index in [9.17, 15) is 14.4 Å². The Kier molecular flexibility index (Phi) is 6.35. The Morgan fingerprint density at radius 1 is 0.690 bits per heavy atom. The smallest absolute Gasteiger partial charge is 0.314 e. The van der Waals surface area contributed by atoms with Gasteiger partial charge in [0, 0.05) is 11.1 Å². The lowest BCUT2D eigenvalue weighted by Gasteiger charge is -2.24. The molecule has 0 aliphatic carbocycles. The zero-order chi connectivity index (χ0) is 20.8. The van der Waals surface area contributed by atoms with Gasteiger partial charge in [-0.15, -0.1) is 0 Å². The summed E-state index contributed by atoms with van der Waals surface area (Å²) < 4.78 is 5.01. The van der Waals surface area contributed by atoms with Crippen molar-refractivity contribution >= 4 is 17.5 Å². The number of methoxy groups -OCH3 is 1.